The molecule has 3 saturated carbocycles. The first-order valence-corrected chi connectivity index (χ1v) is 19.8. The molecular weight excluding hydrogens is 724 g/mol. The van der Waals surface area contributed by atoms with Gasteiger partial charge in [0.15, 0.2) is 17.3 Å². The van der Waals surface area contributed by atoms with Gasteiger partial charge in [-0.3, -0.25) is 19.2 Å². The monoisotopic (exact) mass is 784 g/mol. The normalized spacial score (nSPS) is 43.4. The number of carbonyl (C=O) groups is 5. The van der Waals surface area contributed by atoms with Gasteiger partial charge in [0.05, 0.1) is 7.11 Å². The summed E-state index contributed by atoms with van der Waals surface area (Å²) in [5.41, 5.74) is -9.83. The molecule has 6 aliphatic rings. The van der Waals surface area contributed by atoms with Crippen molar-refractivity contribution in [2.24, 2.45) is 34.0 Å². The Kier molecular flexibility index (Phi) is 9.85. The summed E-state index contributed by atoms with van der Waals surface area (Å²) in [6, 6.07) is 0. The van der Waals surface area contributed by atoms with E-state index in [9.17, 15) is 24.3 Å². The highest BCUT2D eigenvalue weighted by atomic mass is 16.9. The molecule has 3 saturated heterocycles. The van der Waals surface area contributed by atoms with Crippen LogP contribution in [0.15, 0.2) is 34.9 Å². The lowest BCUT2D eigenvalue weighted by Crippen LogP contribution is -2.93. The molecule has 0 aromatic carbocycles. The lowest BCUT2D eigenvalue weighted by molar-refractivity contribution is -0.475. The summed E-state index contributed by atoms with van der Waals surface area (Å²) >= 11 is 0. The number of rotatable bonds is 12. The first-order chi connectivity index (χ1) is 25.9. The molecule has 6 fully saturated rings. The van der Waals surface area contributed by atoms with E-state index in [1.165, 1.54) is 27.9 Å². The Labute approximate surface area is 329 Å². The van der Waals surface area contributed by atoms with Crippen molar-refractivity contribution in [1.29, 1.82) is 0 Å². The predicted octanol–water partition coefficient (Wildman–Crippen LogP) is 5.60. The number of methoxy groups -OCH3 is 1. The van der Waals surface area contributed by atoms with E-state index >= 15 is 4.79 Å². The molecule has 3 aliphatic heterocycles. The van der Waals surface area contributed by atoms with Gasteiger partial charge >= 0.3 is 23.9 Å². The van der Waals surface area contributed by atoms with Crippen LogP contribution < -0.4 is 0 Å². The number of hydrogen-bond acceptors (Lipinski definition) is 13. The maximum atomic E-state index is 15.2. The van der Waals surface area contributed by atoms with Crippen LogP contribution in [-0.4, -0.2) is 88.6 Å². The summed E-state index contributed by atoms with van der Waals surface area (Å²) in [5, 5.41) is 14.0. The molecule has 3 heterocycles. The van der Waals surface area contributed by atoms with E-state index in [2.05, 4.69) is 0 Å². The number of carbonyl (C=O) groups excluding carboxylic acids is 5. The molecule has 4 bridgehead atoms. The van der Waals surface area contributed by atoms with Crippen LogP contribution in [0, 0.1) is 34.0 Å². The quantitative estimate of drug-likeness (QED) is 0.112. The second-order valence-electron chi connectivity index (χ2n) is 18.3. The topological polar surface area (TPSA) is 170 Å². The van der Waals surface area contributed by atoms with Gasteiger partial charge in [-0.2, -0.15) is 0 Å². The third kappa shape index (κ3) is 4.83. The number of esters is 4. The van der Waals surface area contributed by atoms with E-state index in [1.807, 2.05) is 80.5 Å². The second-order valence-corrected chi connectivity index (χ2v) is 18.3. The van der Waals surface area contributed by atoms with Crippen molar-refractivity contribution in [2.45, 2.75) is 162 Å². The molecule has 0 aromatic rings. The standard InChI is InChI=1S/C43H60O13/c1-15-18-26(16-2)32(51-24(7)45)36(9,10)31-30(27(22(4)5)19-23(6)44)33(48)53-35-42(49)34(52-25(8)46)37(11)21-41(42)38(12,28(37)20-29(47)50-14)40(17-3)43(31,35)56-39(13,54-40)55-41/h15-16,18,22,28,31-32,34-35,49H,17,19-21H2,1-14H3/b18-15-,26-16+,30-27+. The van der Waals surface area contributed by atoms with Gasteiger partial charge < -0.3 is 38.3 Å². The maximum absolute atomic E-state index is 15.2. The van der Waals surface area contributed by atoms with Crippen molar-refractivity contribution >= 4 is 29.7 Å². The fraction of sp³-hybridized carbons (Fsp3) is 0.744. The van der Waals surface area contributed by atoms with Crippen LogP contribution in [0.4, 0.5) is 0 Å². The molecule has 13 nitrogen and oxygen atoms in total. The average molecular weight is 785 g/mol. The SMILES string of the molecule is C/C=C\C(=C/C)C(OC(C)=O)C(C)(C)C1/C(=C(/CC(C)=O)C(C)C)C(=O)OC2C3(O)C(OC(C)=O)C4(C)CC35OC3(C)OC12C(CC)(O3)C5(C)C4CC(=O)OC. The summed E-state index contributed by atoms with van der Waals surface area (Å²) in [4.78, 5) is 68.1. The first kappa shape index (κ1) is 42.2. The molecule has 2 spiro atoms. The number of hydrogen-bond donors (Lipinski definition) is 1. The number of aliphatic hydroxyl groups is 1. The lowest BCUT2D eigenvalue weighted by Gasteiger charge is -2.75. The minimum Gasteiger partial charge on any atom is -0.469 e. The van der Waals surface area contributed by atoms with E-state index in [4.69, 9.17) is 33.2 Å². The number of fused-ring (bicyclic) bond motifs is 3. The van der Waals surface area contributed by atoms with Gasteiger partial charge in [-0.15, -0.1) is 0 Å². The van der Waals surface area contributed by atoms with Crippen LogP contribution >= 0.6 is 0 Å². The fourth-order valence-corrected chi connectivity index (χ4v) is 13.3. The van der Waals surface area contributed by atoms with Crippen LogP contribution in [0.25, 0.3) is 0 Å². The minimum atomic E-state index is -2.27. The van der Waals surface area contributed by atoms with Crippen molar-refractivity contribution in [2.75, 3.05) is 7.11 Å². The molecule has 12 unspecified atom stereocenters. The molecule has 56 heavy (non-hydrogen) atoms. The molecule has 6 rings (SSSR count). The van der Waals surface area contributed by atoms with Gasteiger partial charge in [0.1, 0.15) is 29.2 Å². The van der Waals surface area contributed by atoms with E-state index in [0.717, 1.165) is 0 Å². The van der Waals surface area contributed by atoms with E-state index in [0.29, 0.717) is 11.1 Å². The Balaban J connectivity index is 1.84. The van der Waals surface area contributed by atoms with Crippen molar-refractivity contribution in [1.82, 2.24) is 0 Å². The zero-order chi connectivity index (χ0) is 42.0. The van der Waals surface area contributed by atoms with Gasteiger partial charge in [0.25, 0.3) is 5.97 Å². The molecule has 0 aromatic heterocycles. The Morgan fingerprint density at radius 1 is 1.02 bits per heavy atom. The van der Waals surface area contributed by atoms with E-state index < -0.39 is 98.6 Å². The maximum Gasteiger partial charge on any atom is 0.334 e. The van der Waals surface area contributed by atoms with Crippen LogP contribution in [-0.2, 0) is 57.1 Å². The molecule has 0 radical (unpaired) electrons. The lowest BCUT2D eigenvalue weighted by atomic mass is 9.35. The Morgan fingerprint density at radius 3 is 2.16 bits per heavy atom. The second kappa shape index (κ2) is 13.1. The third-order valence-electron chi connectivity index (χ3n) is 14.7. The number of allylic oxidation sites excluding steroid dienone is 3. The van der Waals surface area contributed by atoms with Crippen LogP contribution in [0.1, 0.15) is 116 Å². The summed E-state index contributed by atoms with van der Waals surface area (Å²) in [5.74, 6) is -6.87. The minimum absolute atomic E-state index is 0.0965. The largest absolute Gasteiger partial charge is 0.469 e. The molecule has 310 valence electrons. The molecule has 12 atom stereocenters. The van der Waals surface area contributed by atoms with Gasteiger partial charge in [0.2, 0.25) is 0 Å². The van der Waals surface area contributed by atoms with Gasteiger partial charge in [-0.1, -0.05) is 66.7 Å². The number of ketones is 1. The van der Waals surface area contributed by atoms with Crippen molar-refractivity contribution in [3.63, 3.8) is 0 Å². The zero-order valence-electron chi connectivity index (χ0n) is 35.4. The van der Waals surface area contributed by atoms with Crippen LogP contribution in [0.2, 0.25) is 0 Å². The Bertz CT molecular complexity index is 1840. The summed E-state index contributed by atoms with van der Waals surface area (Å²) in [6.45, 7) is 22.5. The highest BCUT2D eigenvalue weighted by Gasteiger charge is 3.03. The summed E-state index contributed by atoms with van der Waals surface area (Å²) < 4.78 is 46.1. The third-order valence-corrected chi connectivity index (χ3v) is 14.7. The van der Waals surface area contributed by atoms with Crippen LogP contribution in [0.5, 0.6) is 0 Å². The van der Waals surface area contributed by atoms with E-state index in [-0.39, 0.29) is 43.0 Å². The fourth-order valence-electron chi connectivity index (χ4n) is 13.3. The van der Waals surface area contributed by atoms with Gasteiger partial charge in [-0.05, 0) is 56.6 Å². The average Bonchev–Trinajstić information content (AvgIpc) is 3.51. The van der Waals surface area contributed by atoms with Crippen molar-refractivity contribution < 1.29 is 62.2 Å². The Hall–Kier alpha value is -3.39. The van der Waals surface area contributed by atoms with Crippen molar-refractivity contribution in [3.8, 4) is 0 Å². The predicted molar refractivity (Wildman–Crippen MR) is 200 cm³/mol. The molecule has 0 amide bonds. The Morgan fingerprint density at radius 2 is 1.66 bits per heavy atom. The van der Waals surface area contributed by atoms with Crippen LogP contribution in [0.3, 0.4) is 0 Å². The molecule has 1 N–H and O–H groups in total. The molecule has 13 heteroatoms. The number of Topliss-reactive ketones (excluding diaryl/α,β-unsaturated/α-hetero) is 1. The van der Waals surface area contributed by atoms with Gasteiger partial charge in [0, 0.05) is 61.3 Å². The van der Waals surface area contributed by atoms with E-state index in [1.54, 1.807) is 6.92 Å². The first-order valence-electron chi connectivity index (χ1n) is 19.8. The highest BCUT2D eigenvalue weighted by molar-refractivity contribution is 5.94. The smallest absolute Gasteiger partial charge is 0.334 e. The highest BCUT2D eigenvalue weighted by Crippen LogP contribution is 2.88. The molecular formula is C43H60O13. The molecule has 3 aliphatic carbocycles. The summed E-state index contributed by atoms with van der Waals surface area (Å²) in [6.07, 6.45) is 1.56. The summed E-state index contributed by atoms with van der Waals surface area (Å²) in [7, 11) is 1.30. The van der Waals surface area contributed by atoms with Crippen molar-refractivity contribution in [3.05, 3.63) is 34.9 Å². The zero-order valence-corrected chi connectivity index (χ0v) is 35.4. The number of ether oxygens (including phenoxy) is 7. The van der Waals surface area contributed by atoms with Gasteiger partial charge in [-0.25, -0.2) is 4.79 Å².